The fourth-order valence-corrected chi connectivity index (χ4v) is 4.44. The average molecular weight is 489 g/mol. The Kier molecular flexibility index (Phi) is 7.47. The van der Waals surface area contributed by atoms with E-state index in [1.807, 2.05) is 62.4 Å². The van der Waals surface area contributed by atoms with Gasteiger partial charge in [0.2, 0.25) is 0 Å². The summed E-state index contributed by atoms with van der Waals surface area (Å²) in [4.78, 5) is 25.6. The fourth-order valence-electron chi connectivity index (χ4n) is 4.44. The Balaban J connectivity index is 1.71. The number of aromatic amines is 1. The summed E-state index contributed by atoms with van der Waals surface area (Å²) >= 11 is 0. The van der Waals surface area contributed by atoms with Gasteiger partial charge in [-0.05, 0) is 51.8 Å². The van der Waals surface area contributed by atoms with E-state index < -0.39 is 5.97 Å². The first-order valence-corrected chi connectivity index (χ1v) is 12.2. The summed E-state index contributed by atoms with van der Waals surface area (Å²) in [5.41, 5.74) is 4.21. The maximum Gasteiger partial charge on any atom is 0.354 e. The second kappa shape index (κ2) is 10.7. The van der Waals surface area contributed by atoms with Gasteiger partial charge in [0.05, 0.1) is 12.2 Å². The van der Waals surface area contributed by atoms with E-state index in [1.165, 1.54) is 4.57 Å². The molecule has 2 heterocycles. The number of hydrogen-bond acceptors (Lipinski definition) is 5. The number of nitrogens with zero attached hydrogens (tertiary/aromatic N) is 5. The second-order valence-corrected chi connectivity index (χ2v) is 9.90. The summed E-state index contributed by atoms with van der Waals surface area (Å²) in [7, 11) is 0. The topological polar surface area (TPSA) is 119 Å². The number of tetrazole rings is 1. The van der Waals surface area contributed by atoms with Crippen LogP contribution in [0, 0.1) is 11.8 Å². The Morgan fingerprint density at radius 1 is 0.972 bits per heavy atom. The summed E-state index contributed by atoms with van der Waals surface area (Å²) in [5, 5.41) is 24.2. The van der Waals surface area contributed by atoms with Crippen molar-refractivity contribution in [2.75, 3.05) is 0 Å². The van der Waals surface area contributed by atoms with Crippen LogP contribution in [-0.2, 0) is 19.5 Å². The van der Waals surface area contributed by atoms with Crippen molar-refractivity contribution >= 4 is 5.97 Å². The molecular weight excluding hydrogens is 456 g/mol. The number of benzene rings is 2. The molecule has 0 fully saturated rings. The third-order valence-electron chi connectivity index (χ3n) is 6.17. The van der Waals surface area contributed by atoms with Crippen molar-refractivity contribution in [1.29, 1.82) is 0 Å². The molecule has 0 saturated carbocycles. The Labute approximate surface area is 209 Å². The van der Waals surface area contributed by atoms with Gasteiger partial charge in [-0.25, -0.2) is 14.7 Å². The lowest BCUT2D eigenvalue weighted by Gasteiger charge is -2.11. The van der Waals surface area contributed by atoms with Crippen molar-refractivity contribution in [2.45, 2.75) is 53.6 Å². The molecule has 0 spiro atoms. The maximum atomic E-state index is 13.4. The van der Waals surface area contributed by atoms with Crippen LogP contribution in [-0.4, -0.2) is 40.8 Å². The van der Waals surface area contributed by atoms with Gasteiger partial charge in [0.15, 0.2) is 11.5 Å². The lowest BCUT2D eigenvalue weighted by molar-refractivity contribution is 0.0682. The lowest BCUT2D eigenvalue weighted by atomic mass is 9.98. The van der Waals surface area contributed by atoms with E-state index in [0.29, 0.717) is 36.9 Å². The standard InChI is InChI=1S/C27H32N6O3/c1-17(2)9-14-23-24(26(34)35)33(15-18(3)4)27(36)32(23)16-19-10-12-20(13-11-19)21-7-5-6-8-22(21)25-28-30-31-29-25/h5-8,10-13,17-18H,9,14-16H2,1-4H3,(H,34,35)(H,28,29,30,31). The summed E-state index contributed by atoms with van der Waals surface area (Å²) in [5.74, 6) is 0.0684. The molecule has 0 unspecified atom stereocenters. The van der Waals surface area contributed by atoms with Crippen LogP contribution >= 0.6 is 0 Å². The molecule has 0 atom stereocenters. The zero-order valence-electron chi connectivity index (χ0n) is 21.1. The molecule has 0 saturated heterocycles. The van der Waals surface area contributed by atoms with Crippen molar-refractivity contribution in [1.82, 2.24) is 29.8 Å². The molecule has 0 amide bonds. The molecule has 36 heavy (non-hydrogen) atoms. The van der Waals surface area contributed by atoms with Crippen molar-refractivity contribution < 1.29 is 9.90 Å². The third kappa shape index (κ3) is 5.30. The van der Waals surface area contributed by atoms with Gasteiger partial charge in [-0.1, -0.05) is 76.2 Å². The van der Waals surface area contributed by atoms with E-state index in [4.69, 9.17) is 0 Å². The molecule has 2 N–H and O–H groups in total. The van der Waals surface area contributed by atoms with Gasteiger partial charge in [0.1, 0.15) is 0 Å². The Morgan fingerprint density at radius 3 is 2.25 bits per heavy atom. The quantitative estimate of drug-likeness (QED) is 0.340. The SMILES string of the molecule is CC(C)CCc1c(C(=O)O)n(CC(C)C)c(=O)n1Cc1ccc(-c2ccccc2-c2nnn[nH]2)cc1. The molecular formula is C27H32N6O3. The Bertz CT molecular complexity index is 1380. The van der Waals surface area contributed by atoms with Crippen molar-refractivity contribution in [3.05, 3.63) is 76.0 Å². The highest BCUT2D eigenvalue weighted by Crippen LogP contribution is 2.30. The van der Waals surface area contributed by atoms with Gasteiger partial charge in [-0.2, -0.15) is 0 Å². The smallest absolute Gasteiger partial charge is 0.354 e. The molecule has 0 radical (unpaired) electrons. The minimum absolute atomic E-state index is 0.112. The summed E-state index contributed by atoms with van der Waals surface area (Å²) in [6, 6.07) is 15.8. The number of aromatic nitrogens is 6. The van der Waals surface area contributed by atoms with Gasteiger partial charge >= 0.3 is 11.7 Å². The number of hydrogen-bond donors (Lipinski definition) is 2. The van der Waals surface area contributed by atoms with Gasteiger partial charge in [-0.3, -0.25) is 9.13 Å². The number of imidazole rings is 1. The van der Waals surface area contributed by atoms with Crippen LogP contribution in [0.25, 0.3) is 22.5 Å². The highest BCUT2D eigenvalue weighted by molar-refractivity contribution is 5.87. The normalized spacial score (nSPS) is 11.5. The molecule has 2 aromatic carbocycles. The summed E-state index contributed by atoms with van der Waals surface area (Å²) in [6.07, 6.45) is 1.34. The van der Waals surface area contributed by atoms with Gasteiger partial charge in [0, 0.05) is 12.1 Å². The van der Waals surface area contributed by atoms with E-state index >= 15 is 0 Å². The average Bonchev–Trinajstić information content (AvgIpc) is 3.46. The maximum absolute atomic E-state index is 13.4. The van der Waals surface area contributed by atoms with Crippen molar-refractivity contribution in [3.63, 3.8) is 0 Å². The van der Waals surface area contributed by atoms with Crippen LogP contribution in [0.1, 0.15) is 55.9 Å². The highest BCUT2D eigenvalue weighted by Gasteiger charge is 2.25. The fraction of sp³-hybridized carbons (Fsp3) is 0.370. The molecule has 4 rings (SSSR count). The number of aromatic carboxylic acids is 1. The lowest BCUT2D eigenvalue weighted by Crippen LogP contribution is -2.28. The van der Waals surface area contributed by atoms with Crippen LogP contribution in [0.3, 0.4) is 0 Å². The van der Waals surface area contributed by atoms with Crippen LogP contribution in [0.4, 0.5) is 0 Å². The van der Waals surface area contributed by atoms with Gasteiger partial charge in [0.25, 0.3) is 0 Å². The monoisotopic (exact) mass is 488 g/mol. The number of H-pyrrole nitrogens is 1. The predicted molar refractivity (Wildman–Crippen MR) is 138 cm³/mol. The predicted octanol–water partition coefficient (Wildman–Crippen LogP) is 4.49. The number of rotatable bonds is 10. The zero-order valence-corrected chi connectivity index (χ0v) is 21.1. The van der Waals surface area contributed by atoms with Gasteiger partial charge < -0.3 is 5.11 Å². The minimum atomic E-state index is -1.06. The first kappa shape index (κ1) is 25.1. The van der Waals surface area contributed by atoms with E-state index in [0.717, 1.165) is 28.7 Å². The van der Waals surface area contributed by atoms with Crippen molar-refractivity contribution in [3.8, 4) is 22.5 Å². The Morgan fingerprint density at radius 2 is 1.67 bits per heavy atom. The van der Waals surface area contributed by atoms with Crippen LogP contribution in [0.5, 0.6) is 0 Å². The van der Waals surface area contributed by atoms with E-state index in [-0.39, 0.29) is 17.3 Å². The number of carboxylic acid groups (broad SMARTS) is 1. The van der Waals surface area contributed by atoms with Gasteiger partial charge in [-0.15, -0.1) is 5.10 Å². The number of nitrogens with one attached hydrogen (secondary N) is 1. The summed E-state index contributed by atoms with van der Waals surface area (Å²) < 4.78 is 3.07. The number of carboxylic acids is 1. The van der Waals surface area contributed by atoms with Crippen LogP contribution in [0.15, 0.2) is 53.3 Å². The second-order valence-electron chi connectivity index (χ2n) is 9.90. The van der Waals surface area contributed by atoms with Crippen LogP contribution in [0.2, 0.25) is 0 Å². The van der Waals surface area contributed by atoms with Crippen molar-refractivity contribution in [2.24, 2.45) is 11.8 Å². The largest absolute Gasteiger partial charge is 0.477 e. The third-order valence-corrected chi connectivity index (χ3v) is 6.17. The highest BCUT2D eigenvalue weighted by atomic mass is 16.4. The van der Waals surface area contributed by atoms with E-state index in [9.17, 15) is 14.7 Å². The number of carbonyl (C=O) groups is 1. The first-order valence-electron chi connectivity index (χ1n) is 12.2. The van der Waals surface area contributed by atoms with E-state index in [1.54, 1.807) is 4.57 Å². The van der Waals surface area contributed by atoms with Crippen LogP contribution < -0.4 is 5.69 Å². The zero-order chi connectivity index (χ0) is 25.8. The summed E-state index contributed by atoms with van der Waals surface area (Å²) in [6.45, 7) is 8.84. The molecule has 0 aliphatic rings. The van der Waals surface area contributed by atoms with E-state index in [2.05, 4.69) is 34.5 Å². The molecule has 188 valence electrons. The Hall–Kier alpha value is -4.01. The first-order chi connectivity index (χ1) is 17.3. The molecule has 9 heteroatoms. The molecule has 2 aromatic heterocycles. The molecule has 4 aromatic rings. The molecule has 9 nitrogen and oxygen atoms in total. The minimum Gasteiger partial charge on any atom is -0.477 e. The molecule has 0 aliphatic carbocycles. The molecule has 0 aliphatic heterocycles. The molecule has 0 bridgehead atoms.